The molecule has 1 aromatic heterocycles. The number of carbonyl (C=O) groups excluding carboxylic acids is 1. The average Bonchev–Trinajstić information content (AvgIpc) is 2.75. The molecule has 1 amide bonds. The van der Waals surface area contributed by atoms with Crippen molar-refractivity contribution >= 4 is 5.91 Å². The summed E-state index contributed by atoms with van der Waals surface area (Å²) in [4.78, 5) is 19.6. The first-order chi connectivity index (χ1) is 8.08. The van der Waals surface area contributed by atoms with Crippen LogP contribution in [0.1, 0.15) is 31.6 Å². The third-order valence-corrected chi connectivity index (χ3v) is 3.21. The average molecular weight is 238 g/mol. The van der Waals surface area contributed by atoms with E-state index < -0.39 is 0 Å². The second-order valence-electron chi connectivity index (χ2n) is 4.40. The van der Waals surface area contributed by atoms with E-state index in [0.29, 0.717) is 11.7 Å². The van der Waals surface area contributed by atoms with E-state index in [1.807, 2.05) is 11.8 Å². The number of aromatic nitrogens is 2. The van der Waals surface area contributed by atoms with Gasteiger partial charge < -0.3 is 9.42 Å². The molecule has 1 atom stereocenters. The summed E-state index contributed by atoms with van der Waals surface area (Å²) in [6, 6.07) is 0.116. The maximum absolute atomic E-state index is 11.2. The van der Waals surface area contributed by atoms with Crippen LogP contribution in [0.4, 0.5) is 0 Å². The molecule has 0 bridgehead atoms. The monoisotopic (exact) mass is 238 g/mol. The van der Waals surface area contributed by atoms with Crippen LogP contribution in [0.2, 0.25) is 0 Å². The minimum Gasteiger partial charge on any atom is -0.340 e. The molecule has 1 aliphatic heterocycles. The maximum atomic E-state index is 11.2. The number of amides is 1. The molecule has 0 N–H and O–H groups in total. The van der Waals surface area contributed by atoms with Crippen molar-refractivity contribution in [2.24, 2.45) is 0 Å². The standard InChI is InChI=1S/C11H18N4O2/c1-8(11-12-9(2)13-17-11)14-4-6-15(7-5-14)10(3)16/h8H,4-7H2,1-3H3/t8-/m0/s1. The molecular formula is C11H18N4O2. The van der Waals surface area contributed by atoms with Crippen LogP contribution in [0.25, 0.3) is 0 Å². The lowest BCUT2D eigenvalue weighted by atomic mass is 10.2. The Morgan fingerprint density at radius 3 is 2.47 bits per heavy atom. The number of piperazine rings is 1. The van der Waals surface area contributed by atoms with Crippen molar-refractivity contribution in [3.63, 3.8) is 0 Å². The molecule has 94 valence electrons. The van der Waals surface area contributed by atoms with Crippen molar-refractivity contribution in [1.82, 2.24) is 19.9 Å². The molecule has 0 radical (unpaired) electrons. The predicted octanol–water partition coefficient (Wildman–Crippen LogP) is 0.603. The highest BCUT2D eigenvalue weighted by Gasteiger charge is 2.26. The van der Waals surface area contributed by atoms with Gasteiger partial charge in [-0.25, -0.2) is 0 Å². The fraction of sp³-hybridized carbons (Fsp3) is 0.727. The van der Waals surface area contributed by atoms with Crippen LogP contribution >= 0.6 is 0 Å². The van der Waals surface area contributed by atoms with E-state index in [1.165, 1.54) is 0 Å². The van der Waals surface area contributed by atoms with Crippen LogP contribution in [0.3, 0.4) is 0 Å². The van der Waals surface area contributed by atoms with Crippen LogP contribution in [0, 0.1) is 6.92 Å². The molecule has 17 heavy (non-hydrogen) atoms. The second-order valence-corrected chi connectivity index (χ2v) is 4.40. The lowest BCUT2D eigenvalue weighted by Crippen LogP contribution is -2.48. The highest BCUT2D eigenvalue weighted by atomic mass is 16.5. The predicted molar refractivity (Wildman–Crippen MR) is 61.3 cm³/mol. The van der Waals surface area contributed by atoms with E-state index in [-0.39, 0.29) is 11.9 Å². The van der Waals surface area contributed by atoms with Crippen molar-refractivity contribution in [2.75, 3.05) is 26.2 Å². The van der Waals surface area contributed by atoms with E-state index in [0.717, 1.165) is 26.2 Å². The van der Waals surface area contributed by atoms with Crippen LogP contribution in [-0.4, -0.2) is 52.0 Å². The Kier molecular flexibility index (Phi) is 3.42. The third-order valence-electron chi connectivity index (χ3n) is 3.21. The summed E-state index contributed by atoms with van der Waals surface area (Å²) in [7, 11) is 0. The van der Waals surface area contributed by atoms with Gasteiger partial charge in [0.15, 0.2) is 5.82 Å². The fourth-order valence-electron chi connectivity index (χ4n) is 2.06. The molecule has 0 aliphatic carbocycles. The molecule has 0 saturated carbocycles. The normalized spacial score (nSPS) is 19.4. The number of carbonyl (C=O) groups is 1. The molecule has 1 aliphatic rings. The number of hydrogen-bond acceptors (Lipinski definition) is 5. The smallest absolute Gasteiger partial charge is 0.243 e. The van der Waals surface area contributed by atoms with Crippen molar-refractivity contribution in [3.05, 3.63) is 11.7 Å². The molecule has 2 heterocycles. The second kappa shape index (κ2) is 4.83. The molecule has 1 saturated heterocycles. The Morgan fingerprint density at radius 2 is 2.00 bits per heavy atom. The number of nitrogens with zero attached hydrogens (tertiary/aromatic N) is 4. The Labute approximate surface area is 101 Å². The Hall–Kier alpha value is -1.43. The molecule has 0 spiro atoms. The van der Waals surface area contributed by atoms with Crippen molar-refractivity contribution in [1.29, 1.82) is 0 Å². The SMILES string of the molecule is CC(=O)N1CCN([C@@H](C)c2nc(C)no2)CC1. The van der Waals surface area contributed by atoms with Gasteiger partial charge >= 0.3 is 0 Å². The van der Waals surface area contributed by atoms with Gasteiger partial charge in [-0.15, -0.1) is 0 Å². The molecule has 6 nitrogen and oxygen atoms in total. The van der Waals surface area contributed by atoms with Crippen molar-refractivity contribution in [2.45, 2.75) is 26.8 Å². The minimum absolute atomic E-state index is 0.116. The largest absolute Gasteiger partial charge is 0.340 e. The summed E-state index contributed by atoms with van der Waals surface area (Å²) in [6.45, 7) is 8.72. The van der Waals surface area contributed by atoms with Gasteiger partial charge in [0.1, 0.15) is 0 Å². The van der Waals surface area contributed by atoms with Gasteiger partial charge in [-0.05, 0) is 13.8 Å². The maximum Gasteiger partial charge on any atom is 0.243 e. The minimum atomic E-state index is 0.116. The van der Waals surface area contributed by atoms with Crippen LogP contribution < -0.4 is 0 Å². The first-order valence-corrected chi connectivity index (χ1v) is 5.87. The Morgan fingerprint density at radius 1 is 1.35 bits per heavy atom. The fourth-order valence-corrected chi connectivity index (χ4v) is 2.06. The zero-order chi connectivity index (χ0) is 12.4. The van der Waals surface area contributed by atoms with Crippen LogP contribution in [0.15, 0.2) is 4.52 Å². The zero-order valence-corrected chi connectivity index (χ0v) is 10.5. The van der Waals surface area contributed by atoms with E-state index in [9.17, 15) is 4.79 Å². The first-order valence-electron chi connectivity index (χ1n) is 5.87. The van der Waals surface area contributed by atoms with Gasteiger partial charge in [0, 0.05) is 33.1 Å². The molecule has 2 rings (SSSR count). The highest BCUT2D eigenvalue weighted by molar-refractivity contribution is 5.73. The summed E-state index contributed by atoms with van der Waals surface area (Å²) < 4.78 is 5.17. The lowest BCUT2D eigenvalue weighted by Gasteiger charge is -2.36. The molecule has 1 fully saturated rings. The summed E-state index contributed by atoms with van der Waals surface area (Å²) in [5, 5.41) is 3.80. The van der Waals surface area contributed by atoms with Gasteiger partial charge in [-0.1, -0.05) is 5.16 Å². The van der Waals surface area contributed by atoms with Gasteiger partial charge in [-0.3, -0.25) is 9.69 Å². The first kappa shape index (κ1) is 12.0. The topological polar surface area (TPSA) is 62.5 Å². The van der Waals surface area contributed by atoms with Gasteiger partial charge in [0.25, 0.3) is 0 Å². The molecule has 1 aromatic rings. The van der Waals surface area contributed by atoms with Crippen LogP contribution in [0.5, 0.6) is 0 Å². The van der Waals surface area contributed by atoms with E-state index in [1.54, 1.807) is 6.92 Å². The summed E-state index contributed by atoms with van der Waals surface area (Å²) in [5.74, 6) is 1.46. The number of hydrogen-bond donors (Lipinski definition) is 0. The number of aryl methyl sites for hydroxylation is 1. The third kappa shape index (κ3) is 2.63. The summed E-state index contributed by atoms with van der Waals surface area (Å²) >= 11 is 0. The molecule has 6 heteroatoms. The van der Waals surface area contributed by atoms with Gasteiger partial charge in [0.2, 0.25) is 11.8 Å². The van der Waals surface area contributed by atoms with E-state index >= 15 is 0 Å². The quantitative estimate of drug-likeness (QED) is 0.755. The Bertz CT molecular complexity index is 396. The summed E-state index contributed by atoms with van der Waals surface area (Å²) in [5.41, 5.74) is 0. The van der Waals surface area contributed by atoms with Gasteiger partial charge in [0.05, 0.1) is 6.04 Å². The van der Waals surface area contributed by atoms with E-state index in [2.05, 4.69) is 22.0 Å². The van der Waals surface area contributed by atoms with Crippen LogP contribution in [-0.2, 0) is 4.79 Å². The summed E-state index contributed by atoms with van der Waals surface area (Å²) in [6.07, 6.45) is 0. The molecular weight excluding hydrogens is 220 g/mol. The van der Waals surface area contributed by atoms with Crippen molar-refractivity contribution < 1.29 is 9.32 Å². The van der Waals surface area contributed by atoms with Gasteiger partial charge in [-0.2, -0.15) is 4.98 Å². The number of rotatable bonds is 2. The lowest BCUT2D eigenvalue weighted by molar-refractivity contribution is -0.130. The zero-order valence-electron chi connectivity index (χ0n) is 10.5. The Balaban J connectivity index is 1.94. The van der Waals surface area contributed by atoms with E-state index in [4.69, 9.17) is 4.52 Å². The molecule has 0 aromatic carbocycles. The highest BCUT2D eigenvalue weighted by Crippen LogP contribution is 2.19. The van der Waals surface area contributed by atoms with Crippen molar-refractivity contribution in [3.8, 4) is 0 Å². The molecule has 0 unspecified atom stereocenters.